The standard InChI is InChI=1S/C92H163NO8/c1-6-8-10-12-14-16-18-20-22-24-26-28-30-32-34-36-38-40-42-43-44-45-46-47-49-51-53-55-57-59-61-63-65-67-69-71-73-75-77-79-81-83-90(95)101-88(87-100-92(91(96)97)98-85-84-93(3,4)5)86-99-89(94)82-80-78-76-74-72-70-68-66-64-62-60-58-56-54-52-50-48-41-39-37-35-33-31-29-27-25-23-21-19-17-15-13-11-9-7-2/h8,10,14,16,20,22,26,28,32,34,38,40,43-44,46-47,51,53,88,92H,6-7,9,11-13,15,17-19,21,23-25,27,29-31,33,35-37,39,41-42,45,48-50,52,54-87H2,1-5H3/b10-8-,16-14-,22-20-,28-26-,34-32-,40-38-,44-43-,47-46-,53-51-. The highest BCUT2D eigenvalue weighted by molar-refractivity contribution is 5.70. The van der Waals surface area contributed by atoms with Gasteiger partial charge in [0.1, 0.15) is 13.2 Å². The molecule has 2 unspecified atom stereocenters. The number of quaternary nitrogens is 1. The molecule has 0 saturated heterocycles. The van der Waals surface area contributed by atoms with Crippen molar-refractivity contribution in [3.63, 3.8) is 0 Å². The Balaban J connectivity index is 4.00. The third kappa shape index (κ3) is 83.1. The highest BCUT2D eigenvalue weighted by Crippen LogP contribution is 2.20. The van der Waals surface area contributed by atoms with Gasteiger partial charge in [0.05, 0.1) is 40.3 Å². The number of likely N-dealkylation sites (N-methyl/N-ethyl adjacent to an activating group) is 1. The molecule has 101 heavy (non-hydrogen) atoms. The maximum absolute atomic E-state index is 13.0. The maximum Gasteiger partial charge on any atom is 0.306 e. The predicted octanol–water partition coefficient (Wildman–Crippen LogP) is 26.7. The lowest BCUT2D eigenvalue weighted by molar-refractivity contribution is -0.870. The molecule has 0 aliphatic rings. The number of rotatable bonds is 80. The molecule has 0 radical (unpaired) electrons. The van der Waals surface area contributed by atoms with E-state index in [1.165, 1.54) is 270 Å². The van der Waals surface area contributed by atoms with Crippen molar-refractivity contribution in [1.29, 1.82) is 0 Å². The van der Waals surface area contributed by atoms with Crippen LogP contribution in [0.15, 0.2) is 109 Å². The minimum absolute atomic E-state index is 0.146. The van der Waals surface area contributed by atoms with E-state index in [1.54, 1.807) is 0 Å². The lowest BCUT2D eigenvalue weighted by Gasteiger charge is -2.26. The van der Waals surface area contributed by atoms with Crippen molar-refractivity contribution in [2.45, 2.75) is 411 Å². The number of hydrogen-bond acceptors (Lipinski definition) is 8. The average Bonchev–Trinajstić information content (AvgIpc) is 1.21. The molecule has 0 aromatic heterocycles. The summed E-state index contributed by atoms with van der Waals surface area (Å²) in [6.45, 7) is 4.69. The van der Waals surface area contributed by atoms with Gasteiger partial charge in [-0.3, -0.25) is 9.59 Å². The fourth-order valence-electron chi connectivity index (χ4n) is 12.5. The Morgan fingerprint density at radius 2 is 0.564 bits per heavy atom. The Kier molecular flexibility index (Phi) is 78.3. The lowest BCUT2D eigenvalue weighted by Crippen LogP contribution is -2.44. The predicted molar refractivity (Wildman–Crippen MR) is 435 cm³/mol. The number of carbonyl (C=O) groups excluding carboxylic acids is 3. The zero-order chi connectivity index (χ0) is 73.2. The molecular weight excluding hydrogens is 1250 g/mol. The van der Waals surface area contributed by atoms with Gasteiger partial charge in [0.15, 0.2) is 12.4 Å². The van der Waals surface area contributed by atoms with Crippen molar-refractivity contribution in [3.05, 3.63) is 109 Å². The summed E-state index contributed by atoms with van der Waals surface area (Å²) in [5.41, 5.74) is 0. The van der Waals surface area contributed by atoms with Crippen LogP contribution in [0.4, 0.5) is 0 Å². The van der Waals surface area contributed by atoms with Gasteiger partial charge in [0, 0.05) is 12.8 Å². The summed E-state index contributed by atoms with van der Waals surface area (Å²) < 4.78 is 22.9. The number of ether oxygens (including phenoxy) is 4. The highest BCUT2D eigenvalue weighted by atomic mass is 16.7. The maximum atomic E-state index is 13.0. The lowest BCUT2D eigenvalue weighted by atomic mass is 10.0. The molecule has 2 atom stereocenters. The fourth-order valence-corrected chi connectivity index (χ4v) is 12.5. The van der Waals surface area contributed by atoms with Gasteiger partial charge in [0.2, 0.25) is 0 Å². The van der Waals surface area contributed by atoms with Crippen LogP contribution in [-0.4, -0.2) is 82.3 Å². The molecule has 0 fully saturated rings. The zero-order valence-corrected chi connectivity index (χ0v) is 67.0. The molecule has 9 heteroatoms. The van der Waals surface area contributed by atoms with Crippen LogP contribution >= 0.6 is 0 Å². The number of aliphatic carboxylic acids is 1. The Morgan fingerprint density at radius 3 is 0.842 bits per heavy atom. The van der Waals surface area contributed by atoms with Crippen molar-refractivity contribution < 1.29 is 42.9 Å². The van der Waals surface area contributed by atoms with Crippen LogP contribution in [0.1, 0.15) is 399 Å². The molecule has 0 rings (SSSR count). The van der Waals surface area contributed by atoms with Crippen LogP contribution in [0.3, 0.4) is 0 Å². The second-order valence-electron chi connectivity index (χ2n) is 30.1. The van der Waals surface area contributed by atoms with Crippen molar-refractivity contribution in [3.8, 4) is 0 Å². The quantitative estimate of drug-likeness (QED) is 0.0195. The third-order valence-electron chi connectivity index (χ3n) is 19.0. The molecule has 584 valence electrons. The van der Waals surface area contributed by atoms with Crippen LogP contribution in [0, 0.1) is 0 Å². The zero-order valence-electron chi connectivity index (χ0n) is 67.0. The summed E-state index contributed by atoms with van der Waals surface area (Å²) in [5, 5.41) is 11.9. The second kappa shape index (κ2) is 81.6. The number of allylic oxidation sites excluding steroid dienone is 18. The second-order valence-corrected chi connectivity index (χ2v) is 30.1. The molecule has 0 heterocycles. The van der Waals surface area contributed by atoms with Gasteiger partial charge in [-0.2, -0.15) is 0 Å². The van der Waals surface area contributed by atoms with E-state index in [-0.39, 0.29) is 32.2 Å². The van der Waals surface area contributed by atoms with Crippen LogP contribution in [-0.2, 0) is 33.3 Å². The number of esters is 2. The van der Waals surface area contributed by atoms with E-state index in [0.29, 0.717) is 23.9 Å². The average molecular weight is 1410 g/mol. The topological polar surface area (TPSA) is 111 Å². The van der Waals surface area contributed by atoms with Gasteiger partial charge in [-0.25, -0.2) is 0 Å². The van der Waals surface area contributed by atoms with E-state index in [2.05, 4.69) is 123 Å². The first kappa shape index (κ1) is 97.0. The van der Waals surface area contributed by atoms with Gasteiger partial charge in [-0.05, 0) is 83.5 Å². The molecule has 0 aromatic rings. The molecule has 9 nitrogen and oxygen atoms in total. The van der Waals surface area contributed by atoms with Crippen molar-refractivity contribution in [1.82, 2.24) is 0 Å². The molecular formula is C92H163NO8. The van der Waals surface area contributed by atoms with Gasteiger partial charge in [0.25, 0.3) is 0 Å². The van der Waals surface area contributed by atoms with Gasteiger partial charge in [-0.1, -0.05) is 412 Å². The smallest absolute Gasteiger partial charge is 0.306 e. The first-order valence-corrected chi connectivity index (χ1v) is 43.0. The van der Waals surface area contributed by atoms with Crippen molar-refractivity contribution >= 4 is 17.9 Å². The number of carboxylic acids is 1. The number of carboxylic acid groups (broad SMARTS) is 1. The van der Waals surface area contributed by atoms with E-state index >= 15 is 0 Å². The highest BCUT2D eigenvalue weighted by Gasteiger charge is 2.22. The van der Waals surface area contributed by atoms with E-state index in [0.717, 1.165) is 96.3 Å². The number of unbranched alkanes of at least 4 members (excludes halogenated alkanes) is 47. The van der Waals surface area contributed by atoms with E-state index < -0.39 is 24.3 Å². The molecule has 0 saturated carbocycles. The molecule has 0 aliphatic carbocycles. The van der Waals surface area contributed by atoms with Crippen LogP contribution in [0.2, 0.25) is 0 Å². The summed E-state index contributed by atoms with van der Waals surface area (Å²) in [7, 11) is 5.95. The normalized spacial score (nSPS) is 13.2. The van der Waals surface area contributed by atoms with E-state index in [9.17, 15) is 19.5 Å². The SMILES string of the molecule is CC/C=C\C/C=C\C/C=C\C/C=C\C/C=C\C/C=C\C/C=C\C/C=C\C/C=C\CCCCCCCCCCCCCCCC(=O)OC(COC(=O)CCCCCCCCCCCCCCCCCCCCCCCCCCCCCCCCCCCCC)COC(OCC[N+](C)(C)C)C(=O)[O-]. The van der Waals surface area contributed by atoms with Gasteiger partial charge in [-0.15, -0.1) is 0 Å². The third-order valence-corrected chi connectivity index (χ3v) is 19.0. The molecule has 0 aliphatic heterocycles. The summed E-state index contributed by atoms with van der Waals surface area (Å²) in [4.78, 5) is 37.7. The largest absolute Gasteiger partial charge is 0.545 e. The van der Waals surface area contributed by atoms with Crippen LogP contribution in [0.25, 0.3) is 0 Å². The summed E-state index contributed by atoms with van der Waals surface area (Å²) >= 11 is 0. The van der Waals surface area contributed by atoms with Gasteiger partial charge < -0.3 is 33.3 Å². The molecule has 0 N–H and O–H groups in total. The van der Waals surface area contributed by atoms with Crippen molar-refractivity contribution in [2.24, 2.45) is 0 Å². The van der Waals surface area contributed by atoms with E-state index in [4.69, 9.17) is 18.9 Å². The number of carbonyl (C=O) groups is 3. The summed E-state index contributed by atoms with van der Waals surface area (Å²) in [5.74, 6) is -2.26. The molecule has 0 amide bonds. The summed E-state index contributed by atoms with van der Waals surface area (Å²) in [6.07, 6.45) is 112. The molecule has 0 aromatic carbocycles. The van der Waals surface area contributed by atoms with Crippen molar-refractivity contribution in [2.75, 3.05) is 47.5 Å². The number of nitrogens with zero attached hydrogens (tertiary/aromatic N) is 1. The Morgan fingerprint density at radius 1 is 0.307 bits per heavy atom. The monoisotopic (exact) mass is 1410 g/mol. The number of hydrogen-bond donors (Lipinski definition) is 0. The van der Waals surface area contributed by atoms with Crippen LogP contribution in [0.5, 0.6) is 0 Å². The minimum atomic E-state index is -1.63. The van der Waals surface area contributed by atoms with Gasteiger partial charge >= 0.3 is 11.9 Å². The van der Waals surface area contributed by atoms with Crippen LogP contribution < -0.4 is 5.11 Å². The Hall–Kier alpha value is -4.05. The first-order valence-electron chi connectivity index (χ1n) is 43.0. The summed E-state index contributed by atoms with van der Waals surface area (Å²) in [6, 6.07) is 0. The fraction of sp³-hybridized carbons (Fsp3) is 0.772. The minimum Gasteiger partial charge on any atom is -0.545 e. The van der Waals surface area contributed by atoms with E-state index in [1.807, 2.05) is 21.1 Å². The molecule has 0 bridgehead atoms. The first-order chi connectivity index (χ1) is 49.6. The Bertz CT molecular complexity index is 2040. The Labute approximate surface area is 625 Å². The molecule has 0 spiro atoms.